The second-order valence-electron chi connectivity index (χ2n) is 8.67. The minimum atomic E-state index is -4.60. The van der Waals surface area contributed by atoms with Crippen LogP contribution in [0.5, 0.6) is 5.75 Å². The lowest BCUT2D eigenvalue weighted by atomic mass is 9.92. The third kappa shape index (κ3) is 7.14. The number of esters is 1. The van der Waals surface area contributed by atoms with Gasteiger partial charge in [0.05, 0.1) is 18.9 Å². The van der Waals surface area contributed by atoms with E-state index in [1.54, 1.807) is 32.0 Å². The Morgan fingerprint density at radius 1 is 1.36 bits per heavy atom. The molecule has 2 heterocycles. The van der Waals surface area contributed by atoms with Gasteiger partial charge in [0.15, 0.2) is 29.5 Å². The number of aliphatic hydroxyl groups is 1. The fourth-order valence-electron chi connectivity index (χ4n) is 3.49. The molecular formula is C23H27ClFN4O9P. The zero-order valence-electron chi connectivity index (χ0n) is 21.0. The van der Waals surface area contributed by atoms with E-state index in [0.717, 1.165) is 0 Å². The molecule has 39 heavy (non-hydrogen) atoms. The number of nitrogen functional groups attached to an aromatic ring is 1. The number of ether oxygens (including phenoxy) is 2. The molecule has 13 nitrogen and oxygen atoms in total. The number of carbonyl (C=O) groups excluding carboxylic acids is 1. The van der Waals surface area contributed by atoms with Gasteiger partial charge in [-0.15, -0.1) is 0 Å². The van der Waals surface area contributed by atoms with Crippen LogP contribution < -0.4 is 21.7 Å². The molecule has 3 rings (SSSR count). The molecule has 6 atom stereocenters. The minimum absolute atomic E-state index is 0.0761. The zero-order valence-corrected chi connectivity index (χ0v) is 22.7. The first kappa shape index (κ1) is 30.5. The number of aliphatic hydroxyl groups excluding tert-OH is 1. The maximum Gasteiger partial charge on any atom is 0.530 e. The topological polar surface area (TPSA) is 187 Å². The maximum absolute atomic E-state index is 14.1. The number of rotatable bonds is 10. The van der Waals surface area contributed by atoms with E-state index in [9.17, 15) is 23.7 Å². The van der Waals surface area contributed by atoms with Gasteiger partial charge in [0, 0.05) is 5.38 Å². The van der Waals surface area contributed by atoms with Gasteiger partial charge in [0.25, 0.3) is 0 Å². The van der Waals surface area contributed by atoms with Crippen LogP contribution in [0.3, 0.4) is 0 Å². The Bertz CT molecular complexity index is 1350. The Morgan fingerprint density at radius 2 is 2.03 bits per heavy atom. The Kier molecular flexibility index (Phi) is 9.74. The summed E-state index contributed by atoms with van der Waals surface area (Å²) in [5.41, 5.74) is 8.44. The van der Waals surface area contributed by atoms with Crippen molar-refractivity contribution in [2.75, 3.05) is 12.3 Å². The van der Waals surface area contributed by atoms with Gasteiger partial charge < -0.3 is 30.6 Å². The van der Waals surface area contributed by atoms with E-state index < -0.39 is 73.9 Å². The minimum Gasteiger partial charge on any atom is -0.461 e. The molecule has 5 N–H and O–H groups in total. The fourth-order valence-corrected chi connectivity index (χ4v) is 5.00. The van der Waals surface area contributed by atoms with E-state index in [2.05, 4.69) is 10.9 Å². The van der Waals surface area contributed by atoms with Crippen molar-refractivity contribution in [2.45, 2.75) is 57.0 Å². The molecule has 0 spiro atoms. The Hall–Kier alpha value is -3.02. The molecule has 212 valence electrons. The largest absolute Gasteiger partial charge is 0.530 e. The summed E-state index contributed by atoms with van der Waals surface area (Å²) in [5, 5.41) is 13.0. The first-order valence-electron chi connectivity index (χ1n) is 11.5. The summed E-state index contributed by atoms with van der Waals surface area (Å²) in [5.74, 6) is -0.147. The van der Waals surface area contributed by atoms with Crippen molar-refractivity contribution in [3.05, 3.63) is 52.8 Å². The van der Waals surface area contributed by atoms with Crippen molar-refractivity contribution in [2.24, 2.45) is 5.73 Å². The van der Waals surface area contributed by atoms with Crippen LogP contribution >= 0.6 is 19.4 Å². The predicted molar refractivity (Wildman–Crippen MR) is 136 cm³/mol. The number of aromatic nitrogens is 2. The van der Waals surface area contributed by atoms with Crippen molar-refractivity contribution in [1.82, 2.24) is 9.55 Å². The van der Waals surface area contributed by atoms with Gasteiger partial charge in [-0.2, -0.15) is 4.98 Å². The van der Waals surface area contributed by atoms with Crippen molar-refractivity contribution >= 4 is 31.2 Å². The number of halogens is 2. The quantitative estimate of drug-likeness (QED) is 0.207. The molecule has 16 heteroatoms. The number of anilines is 1. The van der Waals surface area contributed by atoms with E-state index in [0.29, 0.717) is 10.8 Å². The van der Waals surface area contributed by atoms with Crippen LogP contribution in [0.1, 0.15) is 27.0 Å². The number of para-hydroxylation sites is 1. The molecule has 2 unspecified atom stereocenters. The average molecular weight is 589 g/mol. The van der Waals surface area contributed by atoms with E-state index in [4.69, 9.17) is 46.1 Å². The van der Waals surface area contributed by atoms with Crippen LogP contribution in [0.25, 0.3) is 0 Å². The fraction of sp³-hybridized carbons (Fsp3) is 0.435. The number of carbonyl (C=O) groups is 1. The van der Waals surface area contributed by atoms with Crippen LogP contribution in [0.4, 0.5) is 10.2 Å². The summed E-state index contributed by atoms with van der Waals surface area (Å²) in [6.07, 6.45) is -5.97. The molecule has 0 bridgehead atoms. The Balaban J connectivity index is 1.88. The number of nitrogens with two attached hydrogens (primary N) is 2. The van der Waals surface area contributed by atoms with Crippen LogP contribution in [-0.2, 0) is 27.9 Å². The molecule has 1 aliphatic rings. The van der Waals surface area contributed by atoms with Crippen molar-refractivity contribution in [1.29, 1.82) is 0 Å². The molecule has 1 saturated heterocycles. The molecule has 0 amide bonds. The molecule has 1 fully saturated rings. The lowest BCUT2D eigenvalue weighted by Gasteiger charge is -2.27. The van der Waals surface area contributed by atoms with Crippen molar-refractivity contribution in [3.63, 3.8) is 0 Å². The smallest absolute Gasteiger partial charge is 0.461 e. The van der Waals surface area contributed by atoms with E-state index >= 15 is 0 Å². The van der Waals surface area contributed by atoms with Crippen molar-refractivity contribution in [3.8, 4) is 17.0 Å². The predicted octanol–water partition coefficient (Wildman–Crippen LogP) is 1.68. The highest BCUT2D eigenvalue weighted by atomic mass is 35.5. The zero-order chi connectivity index (χ0) is 29.0. The maximum atomic E-state index is 14.1. The molecule has 0 saturated carbocycles. The summed E-state index contributed by atoms with van der Waals surface area (Å²) < 4.78 is 55.3. The van der Waals surface area contributed by atoms with Gasteiger partial charge in [-0.05, 0) is 44.5 Å². The molecule has 0 radical (unpaired) electrons. The first-order chi connectivity index (χ1) is 18.3. The Labute approximate surface area is 227 Å². The summed E-state index contributed by atoms with van der Waals surface area (Å²) in [7, 11) is -4.60. The second kappa shape index (κ2) is 12.4. The lowest BCUT2D eigenvalue weighted by Crippen LogP contribution is -2.55. The van der Waals surface area contributed by atoms with Gasteiger partial charge in [-0.25, -0.2) is 18.5 Å². The summed E-state index contributed by atoms with van der Waals surface area (Å²) >= 11 is 5.53. The normalized spacial score (nSPS) is 24.9. The third-order valence-electron chi connectivity index (χ3n) is 5.33. The highest BCUT2D eigenvalue weighted by Gasteiger charge is 2.55. The number of hydrogen-bond donors (Lipinski definition) is 3. The highest BCUT2D eigenvalue weighted by Crippen LogP contribution is 2.51. The number of nitrogens with zero attached hydrogens (tertiary/aromatic N) is 2. The number of phosphoric acid groups is 1. The summed E-state index contributed by atoms with van der Waals surface area (Å²) in [6.45, 7) is 3.80. The number of benzene rings is 1. The molecule has 0 aliphatic carbocycles. The first-order valence-corrected chi connectivity index (χ1v) is 13.3. The van der Waals surface area contributed by atoms with Crippen LogP contribution in [0, 0.1) is 17.1 Å². The van der Waals surface area contributed by atoms with Gasteiger partial charge in [-0.1, -0.05) is 24.1 Å². The summed E-state index contributed by atoms with van der Waals surface area (Å²) in [4.78, 5) is 28.0. The van der Waals surface area contributed by atoms with E-state index in [1.165, 1.54) is 19.1 Å². The molecule has 1 aromatic carbocycles. The SMILES string of the molecule is CC(C)OC(=O)[C@H](C)OP(=O)(OC[C@H]1O[C@@H](n2cc(F)c(N)nc2=O)C(N)(C#CCl)[C@H]1O)Oc1ccccc1. The summed E-state index contributed by atoms with van der Waals surface area (Å²) in [6, 6.07) is 7.79. The molecule has 2 aromatic rings. The van der Waals surface area contributed by atoms with Gasteiger partial charge in [0.2, 0.25) is 0 Å². The third-order valence-corrected chi connectivity index (χ3v) is 6.90. The van der Waals surface area contributed by atoms with Crippen LogP contribution in [0.15, 0.2) is 41.3 Å². The van der Waals surface area contributed by atoms with Crippen molar-refractivity contribution < 1.29 is 41.9 Å². The highest BCUT2D eigenvalue weighted by molar-refractivity contribution is 7.49. The number of phosphoric ester groups is 1. The Morgan fingerprint density at radius 3 is 2.64 bits per heavy atom. The van der Waals surface area contributed by atoms with Crippen LogP contribution in [-0.4, -0.2) is 57.2 Å². The number of hydrogen-bond acceptors (Lipinski definition) is 12. The second-order valence-corrected chi connectivity index (χ2v) is 10.4. The van der Waals surface area contributed by atoms with Gasteiger partial charge >= 0.3 is 19.5 Å². The molecule has 1 aromatic heterocycles. The van der Waals surface area contributed by atoms with Gasteiger partial charge in [0.1, 0.15) is 18.0 Å². The standard InChI is InChI=1S/C23H27ClFN4O9P/c1-13(2)35-20(31)14(3)37-39(33,38-15-7-5-4-6-8-15)34-12-17-18(30)23(27,9-10-24)21(36-17)29-11-16(25)19(26)28-22(29)32/h4-8,11,13-14,17-18,21,30H,12,27H2,1-3H3,(H2,26,28,32)/t14-,17+,18-,21+,23?,39?/m0/s1. The van der Waals surface area contributed by atoms with Crippen LogP contribution in [0.2, 0.25) is 0 Å². The van der Waals surface area contributed by atoms with E-state index in [-0.39, 0.29) is 5.75 Å². The van der Waals surface area contributed by atoms with E-state index in [1.807, 2.05) is 5.38 Å². The monoisotopic (exact) mass is 588 g/mol. The lowest BCUT2D eigenvalue weighted by molar-refractivity contribution is -0.156. The molecular weight excluding hydrogens is 562 g/mol. The average Bonchev–Trinajstić information content (AvgIpc) is 3.10. The van der Waals surface area contributed by atoms with Gasteiger partial charge in [-0.3, -0.25) is 13.6 Å². The molecule has 1 aliphatic heterocycles.